The predicted octanol–water partition coefficient (Wildman–Crippen LogP) is 2.27. The molecule has 1 rings (SSSR count). The zero-order valence-corrected chi connectivity index (χ0v) is 16.0. The number of guanidine groups is 1. The average molecular weight is 339 g/mol. The molecule has 23 heavy (non-hydrogen) atoms. The summed E-state index contributed by atoms with van der Waals surface area (Å²) in [5.74, 6) is 1.22. The molecule has 6 heteroatoms. The van der Waals surface area contributed by atoms with Crippen LogP contribution >= 0.6 is 11.3 Å². The Morgan fingerprint density at radius 2 is 2.00 bits per heavy atom. The molecule has 0 saturated heterocycles. The Morgan fingerprint density at radius 3 is 2.52 bits per heavy atom. The largest absolute Gasteiger partial charge is 0.356 e. The maximum atomic E-state index is 11.7. The first-order valence-corrected chi connectivity index (χ1v) is 8.90. The molecule has 1 atom stereocenters. The number of hydrogen-bond acceptors (Lipinski definition) is 3. The molecule has 5 nitrogen and oxygen atoms in total. The number of aryl methyl sites for hydroxylation is 1. The van der Waals surface area contributed by atoms with Gasteiger partial charge in [-0.3, -0.25) is 4.79 Å². The van der Waals surface area contributed by atoms with Gasteiger partial charge in [-0.25, -0.2) is 4.99 Å². The number of amides is 1. The van der Waals surface area contributed by atoms with Crippen LogP contribution in [0.3, 0.4) is 0 Å². The monoisotopic (exact) mass is 338 g/mol. The van der Waals surface area contributed by atoms with Crippen molar-refractivity contribution in [1.82, 2.24) is 15.5 Å². The van der Waals surface area contributed by atoms with Crippen LogP contribution in [-0.4, -0.2) is 50.0 Å². The van der Waals surface area contributed by atoms with Crippen molar-refractivity contribution in [2.45, 2.75) is 40.2 Å². The molecule has 0 saturated carbocycles. The Bertz CT molecular complexity index is 522. The minimum absolute atomic E-state index is 0.00261. The number of nitrogens with one attached hydrogen (secondary N) is 2. The highest BCUT2D eigenvalue weighted by Crippen LogP contribution is 2.16. The summed E-state index contributed by atoms with van der Waals surface area (Å²) in [5, 5.41) is 6.71. The van der Waals surface area contributed by atoms with E-state index in [1.165, 1.54) is 9.75 Å². The van der Waals surface area contributed by atoms with Gasteiger partial charge in [0.05, 0.1) is 0 Å². The van der Waals surface area contributed by atoms with Crippen molar-refractivity contribution in [2.24, 2.45) is 10.9 Å². The van der Waals surface area contributed by atoms with Gasteiger partial charge in [0.2, 0.25) is 5.91 Å². The van der Waals surface area contributed by atoms with Crippen LogP contribution in [0.2, 0.25) is 0 Å². The number of hydrogen-bond donors (Lipinski definition) is 2. The van der Waals surface area contributed by atoms with Crippen LogP contribution in [0.25, 0.3) is 0 Å². The highest BCUT2D eigenvalue weighted by Gasteiger charge is 2.10. The van der Waals surface area contributed by atoms with Crippen LogP contribution in [-0.2, 0) is 11.2 Å². The molecule has 1 amide bonds. The summed E-state index contributed by atoms with van der Waals surface area (Å²) >= 11 is 1.82. The Balaban J connectivity index is 2.62. The third-order valence-corrected chi connectivity index (χ3v) is 4.26. The minimum Gasteiger partial charge on any atom is -0.356 e. The molecule has 0 aliphatic rings. The highest BCUT2D eigenvalue weighted by molar-refractivity contribution is 7.11. The molecule has 1 aromatic heterocycles. The van der Waals surface area contributed by atoms with E-state index in [-0.39, 0.29) is 18.5 Å². The summed E-state index contributed by atoms with van der Waals surface area (Å²) in [6.45, 7) is 9.53. The number of nitrogens with zero attached hydrogens (tertiary/aromatic N) is 2. The van der Waals surface area contributed by atoms with Gasteiger partial charge in [0.15, 0.2) is 5.96 Å². The van der Waals surface area contributed by atoms with Gasteiger partial charge in [0, 0.05) is 42.9 Å². The van der Waals surface area contributed by atoms with E-state index in [9.17, 15) is 4.79 Å². The lowest BCUT2D eigenvalue weighted by molar-refractivity contribution is -0.127. The molecule has 2 N–H and O–H groups in total. The number of thiophene rings is 1. The molecule has 1 heterocycles. The topological polar surface area (TPSA) is 56.7 Å². The average Bonchev–Trinajstić information content (AvgIpc) is 2.86. The van der Waals surface area contributed by atoms with Crippen molar-refractivity contribution >= 4 is 23.2 Å². The molecule has 1 aromatic rings. The zero-order chi connectivity index (χ0) is 17.4. The SMILES string of the molecule is Cc1ccc(CC(C)NC(=NCC(=O)N(C)C)NCC(C)C)s1. The molecule has 0 aromatic carbocycles. The van der Waals surface area contributed by atoms with E-state index in [0.717, 1.165) is 13.0 Å². The quantitative estimate of drug-likeness (QED) is 0.592. The van der Waals surface area contributed by atoms with Crippen LogP contribution in [0.1, 0.15) is 30.5 Å². The van der Waals surface area contributed by atoms with Gasteiger partial charge in [-0.1, -0.05) is 13.8 Å². The number of carbonyl (C=O) groups is 1. The predicted molar refractivity (Wildman–Crippen MR) is 99.2 cm³/mol. The molecule has 0 radical (unpaired) electrons. The molecule has 1 unspecified atom stereocenters. The molecular formula is C17H30N4OS. The second kappa shape index (κ2) is 9.55. The maximum absolute atomic E-state index is 11.7. The van der Waals surface area contributed by atoms with Crippen molar-refractivity contribution in [3.63, 3.8) is 0 Å². The van der Waals surface area contributed by atoms with Crippen molar-refractivity contribution in [1.29, 1.82) is 0 Å². The molecule has 0 spiro atoms. The number of carbonyl (C=O) groups excluding carboxylic acids is 1. The Hall–Kier alpha value is -1.56. The van der Waals surface area contributed by atoms with E-state index in [4.69, 9.17) is 0 Å². The van der Waals surface area contributed by atoms with Crippen LogP contribution in [0, 0.1) is 12.8 Å². The summed E-state index contributed by atoms with van der Waals surface area (Å²) in [7, 11) is 3.49. The van der Waals surface area contributed by atoms with Crippen molar-refractivity contribution in [3.8, 4) is 0 Å². The fourth-order valence-corrected chi connectivity index (χ4v) is 2.94. The smallest absolute Gasteiger partial charge is 0.243 e. The van der Waals surface area contributed by atoms with Crippen molar-refractivity contribution in [3.05, 3.63) is 21.9 Å². The van der Waals surface area contributed by atoms with Gasteiger partial charge in [0.25, 0.3) is 0 Å². The molecule has 0 fully saturated rings. The van der Waals surface area contributed by atoms with Gasteiger partial charge in [0.1, 0.15) is 6.54 Å². The summed E-state index contributed by atoms with van der Waals surface area (Å²) < 4.78 is 0. The van der Waals surface area contributed by atoms with E-state index >= 15 is 0 Å². The van der Waals surface area contributed by atoms with E-state index in [1.807, 2.05) is 11.3 Å². The fourth-order valence-electron chi connectivity index (χ4n) is 1.92. The lowest BCUT2D eigenvalue weighted by Gasteiger charge is -2.19. The molecular weight excluding hydrogens is 308 g/mol. The summed E-state index contributed by atoms with van der Waals surface area (Å²) in [5.41, 5.74) is 0. The summed E-state index contributed by atoms with van der Waals surface area (Å²) in [6, 6.07) is 4.57. The second-order valence-electron chi connectivity index (χ2n) is 6.49. The Kier molecular flexibility index (Phi) is 8.09. The molecule has 0 aliphatic carbocycles. The lowest BCUT2D eigenvalue weighted by Crippen LogP contribution is -2.44. The first-order chi connectivity index (χ1) is 10.8. The highest BCUT2D eigenvalue weighted by atomic mass is 32.1. The molecule has 130 valence electrons. The van der Waals surface area contributed by atoms with Gasteiger partial charge in [-0.15, -0.1) is 11.3 Å². The van der Waals surface area contributed by atoms with E-state index in [1.54, 1.807) is 19.0 Å². The standard InChI is InChI=1S/C17H30N4OS/c1-12(2)10-18-17(19-11-16(22)21(5)6)20-13(3)9-15-8-7-14(4)23-15/h7-8,12-13H,9-11H2,1-6H3,(H2,18,19,20). The van der Waals surface area contributed by atoms with Gasteiger partial charge in [-0.2, -0.15) is 0 Å². The van der Waals surface area contributed by atoms with Gasteiger partial charge >= 0.3 is 0 Å². The first-order valence-electron chi connectivity index (χ1n) is 8.08. The van der Waals surface area contributed by atoms with Crippen LogP contribution < -0.4 is 10.6 Å². The maximum Gasteiger partial charge on any atom is 0.243 e. The number of rotatable bonds is 7. The Labute approximate surface area is 144 Å². The van der Waals surface area contributed by atoms with E-state index in [2.05, 4.69) is 55.5 Å². The lowest BCUT2D eigenvalue weighted by atomic mass is 10.2. The van der Waals surface area contributed by atoms with Crippen molar-refractivity contribution < 1.29 is 4.79 Å². The molecule has 0 bridgehead atoms. The summed E-state index contributed by atoms with van der Waals surface area (Å²) in [6.07, 6.45) is 0.947. The normalized spacial score (nSPS) is 13.1. The summed E-state index contributed by atoms with van der Waals surface area (Å²) in [4.78, 5) is 20.4. The van der Waals surface area contributed by atoms with E-state index < -0.39 is 0 Å². The van der Waals surface area contributed by atoms with Crippen LogP contribution in [0.5, 0.6) is 0 Å². The Morgan fingerprint density at radius 1 is 1.30 bits per heavy atom. The third-order valence-electron chi connectivity index (χ3n) is 3.24. The third kappa shape index (κ3) is 8.02. The second-order valence-corrected chi connectivity index (χ2v) is 7.86. The first kappa shape index (κ1) is 19.5. The van der Waals surface area contributed by atoms with Gasteiger partial charge < -0.3 is 15.5 Å². The molecule has 0 aliphatic heterocycles. The van der Waals surface area contributed by atoms with E-state index in [0.29, 0.717) is 11.9 Å². The number of aliphatic imine (C=N–C) groups is 1. The minimum atomic E-state index is -0.00261. The van der Waals surface area contributed by atoms with Crippen LogP contribution in [0.15, 0.2) is 17.1 Å². The fraction of sp³-hybridized carbons (Fsp3) is 0.647. The zero-order valence-electron chi connectivity index (χ0n) is 15.1. The van der Waals surface area contributed by atoms with Gasteiger partial charge in [-0.05, 0) is 31.9 Å². The number of likely N-dealkylation sites (N-methyl/N-ethyl adjacent to an activating group) is 1. The van der Waals surface area contributed by atoms with Crippen molar-refractivity contribution in [2.75, 3.05) is 27.2 Å². The van der Waals surface area contributed by atoms with Crippen LogP contribution in [0.4, 0.5) is 0 Å².